The second-order valence-electron chi connectivity index (χ2n) is 5.95. The molecule has 0 unspecified atom stereocenters. The van der Waals surface area contributed by atoms with E-state index in [-0.39, 0.29) is 5.91 Å². The van der Waals surface area contributed by atoms with E-state index in [1.807, 2.05) is 17.5 Å². The topological polar surface area (TPSA) is 41.5 Å². The summed E-state index contributed by atoms with van der Waals surface area (Å²) in [7, 11) is 0. The monoisotopic (exact) mass is 264 g/mol. The number of carbonyl (C=O) groups excluding carboxylic acids is 1. The summed E-state index contributed by atoms with van der Waals surface area (Å²) in [5.41, 5.74) is 4.08. The van der Waals surface area contributed by atoms with E-state index in [4.69, 9.17) is 0 Å². The minimum Gasteiger partial charge on any atom is -0.266 e. The largest absolute Gasteiger partial charge is 0.281 e. The Bertz CT molecular complexity index is 448. The van der Waals surface area contributed by atoms with Crippen LogP contribution in [0.2, 0.25) is 0 Å². The van der Waals surface area contributed by atoms with Crippen molar-refractivity contribution in [2.75, 3.05) is 0 Å². The number of hydrogen-bond donors (Lipinski definition) is 1. The molecule has 98 valence electrons. The van der Waals surface area contributed by atoms with Crippen molar-refractivity contribution < 1.29 is 4.79 Å². The highest BCUT2D eigenvalue weighted by molar-refractivity contribution is 7.12. The van der Waals surface area contributed by atoms with Gasteiger partial charge in [0.05, 0.1) is 4.88 Å². The number of nitrogens with zero attached hydrogens (tertiary/aromatic N) is 1. The quantitative estimate of drug-likeness (QED) is 0.813. The first kappa shape index (κ1) is 13.3. The molecule has 0 spiro atoms. The van der Waals surface area contributed by atoms with Crippen LogP contribution in [0.25, 0.3) is 0 Å². The molecule has 1 fully saturated rings. The minimum atomic E-state index is -0.103. The van der Waals surface area contributed by atoms with Gasteiger partial charge in [0.25, 0.3) is 5.91 Å². The molecule has 4 heteroatoms. The average Bonchev–Trinajstić information content (AvgIpc) is 2.76. The number of rotatable bonds is 2. The maximum atomic E-state index is 11.8. The molecule has 1 amide bonds. The van der Waals surface area contributed by atoms with E-state index >= 15 is 0 Å². The maximum absolute atomic E-state index is 11.8. The molecule has 1 aromatic heterocycles. The molecule has 1 saturated carbocycles. The molecule has 1 aliphatic carbocycles. The molecular formula is C14H20N2OS. The molecule has 1 aromatic rings. The third-order valence-electron chi connectivity index (χ3n) is 3.23. The van der Waals surface area contributed by atoms with E-state index in [9.17, 15) is 4.79 Å². The van der Waals surface area contributed by atoms with Gasteiger partial charge in [-0.05, 0) is 42.0 Å². The number of thiophene rings is 1. The summed E-state index contributed by atoms with van der Waals surface area (Å²) >= 11 is 1.44. The fourth-order valence-corrected chi connectivity index (χ4v) is 3.41. The Balaban J connectivity index is 1.99. The molecule has 0 saturated heterocycles. The van der Waals surface area contributed by atoms with Gasteiger partial charge in [-0.2, -0.15) is 5.10 Å². The lowest BCUT2D eigenvalue weighted by molar-refractivity contribution is 0.0958. The van der Waals surface area contributed by atoms with Crippen LogP contribution in [0.1, 0.15) is 49.7 Å². The van der Waals surface area contributed by atoms with E-state index in [0.717, 1.165) is 18.6 Å². The Kier molecular flexibility index (Phi) is 3.85. The third kappa shape index (κ3) is 3.42. The van der Waals surface area contributed by atoms with Gasteiger partial charge in [-0.15, -0.1) is 11.3 Å². The van der Waals surface area contributed by atoms with Crippen molar-refractivity contribution >= 4 is 23.0 Å². The lowest BCUT2D eigenvalue weighted by Gasteiger charge is -2.34. The van der Waals surface area contributed by atoms with Crippen LogP contribution < -0.4 is 5.43 Å². The zero-order valence-electron chi connectivity index (χ0n) is 11.2. The Morgan fingerprint density at radius 2 is 2.33 bits per heavy atom. The van der Waals surface area contributed by atoms with E-state index in [0.29, 0.717) is 16.2 Å². The van der Waals surface area contributed by atoms with Crippen molar-refractivity contribution in [3.8, 4) is 0 Å². The molecule has 18 heavy (non-hydrogen) atoms. The summed E-state index contributed by atoms with van der Waals surface area (Å²) < 4.78 is 0. The number of hydrazone groups is 1. The molecule has 0 radical (unpaired) electrons. The zero-order valence-corrected chi connectivity index (χ0v) is 12.0. The highest BCUT2D eigenvalue weighted by atomic mass is 32.1. The molecule has 1 N–H and O–H groups in total. The van der Waals surface area contributed by atoms with Crippen LogP contribution in [0.4, 0.5) is 0 Å². The molecule has 0 bridgehead atoms. The van der Waals surface area contributed by atoms with Crippen LogP contribution in [-0.2, 0) is 0 Å². The van der Waals surface area contributed by atoms with Crippen LogP contribution in [0.5, 0.6) is 0 Å². The molecule has 0 aromatic carbocycles. The van der Waals surface area contributed by atoms with Gasteiger partial charge in [0, 0.05) is 5.71 Å². The molecule has 2 rings (SSSR count). The predicted octanol–water partition coefficient (Wildman–Crippen LogP) is 3.68. The van der Waals surface area contributed by atoms with Crippen LogP contribution in [-0.4, -0.2) is 11.6 Å². The summed E-state index contributed by atoms with van der Waals surface area (Å²) in [4.78, 5) is 12.5. The standard InChI is InChI=1S/C14H20N2OS/c1-10-7-11(9-14(2,3)8-10)15-16-13(17)12-5-4-6-18-12/h4-6,10H,7-9H2,1-3H3,(H,16,17)/b15-11+/t10-/m0/s1. The Morgan fingerprint density at radius 1 is 1.56 bits per heavy atom. The van der Waals surface area contributed by atoms with E-state index in [2.05, 4.69) is 31.3 Å². The van der Waals surface area contributed by atoms with E-state index in [1.54, 1.807) is 0 Å². The van der Waals surface area contributed by atoms with Gasteiger partial charge in [-0.3, -0.25) is 4.79 Å². The summed E-state index contributed by atoms with van der Waals surface area (Å²) in [6, 6.07) is 3.69. The lowest BCUT2D eigenvalue weighted by Crippen LogP contribution is -2.30. The predicted molar refractivity (Wildman–Crippen MR) is 76.0 cm³/mol. The molecule has 3 nitrogen and oxygen atoms in total. The van der Waals surface area contributed by atoms with Gasteiger partial charge < -0.3 is 0 Å². The van der Waals surface area contributed by atoms with Crippen molar-refractivity contribution in [1.82, 2.24) is 5.43 Å². The van der Waals surface area contributed by atoms with Crippen molar-refractivity contribution in [2.24, 2.45) is 16.4 Å². The highest BCUT2D eigenvalue weighted by Gasteiger charge is 2.29. The van der Waals surface area contributed by atoms with Gasteiger partial charge in [-0.25, -0.2) is 5.43 Å². The van der Waals surface area contributed by atoms with Crippen LogP contribution >= 0.6 is 11.3 Å². The SMILES string of the molecule is C[C@H]1C/C(=N\NC(=O)c2cccs2)CC(C)(C)C1. The van der Waals surface area contributed by atoms with Crippen LogP contribution in [0.15, 0.2) is 22.6 Å². The first-order valence-electron chi connectivity index (χ1n) is 6.35. The lowest BCUT2D eigenvalue weighted by atomic mass is 9.72. The normalized spacial score (nSPS) is 25.1. The molecule has 1 aliphatic rings. The Hall–Kier alpha value is -1.16. The average molecular weight is 264 g/mol. The number of nitrogens with one attached hydrogen (secondary N) is 1. The summed E-state index contributed by atoms with van der Waals surface area (Å²) in [6.07, 6.45) is 3.20. The van der Waals surface area contributed by atoms with E-state index in [1.165, 1.54) is 17.8 Å². The summed E-state index contributed by atoms with van der Waals surface area (Å²) in [6.45, 7) is 6.77. The van der Waals surface area contributed by atoms with Gasteiger partial charge in [0.2, 0.25) is 0 Å². The van der Waals surface area contributed by atoms with Crippen LogP contribution in [0, 0.1) is 11.3 Å². The Morgan fingerprint density at radius 3 is 2.94 bits per heavy atom. The molecule has 0 aliphatic heterocycles. The second kappa shape index (κ2) is 5.22. The highest BCUT2D eigenvalue weighted by Crippen LogP contribution is 2.36. The fraction of sp³-hybridized carbons (Fsp3) is 0.571. The smallest absolute Gasteiger partial charge is 0.266 e. The van der Waals surface area contributed by atoms with Crippen molar-refractivity contribution in [1.29, 1.82) is 0 Å². The molecule has 1 atom stereocenters. The second-order valence-corrected chi connectivity index (χ2v) is 6.90. The Labute approximate surface area is 112 Å². The van der Waals surface area contributed by atoms with Crippen LogP contribution in [0.3, 0.4) is 0 Å². The van der Waals surface area contributed by atoms with E-state index < -0.39 is 0 Å². The van der Waals surface area contributed by atoms with Crippen molar-refractivity contribution in [3.63, 3.8) is 0 Å². The van der Waals surface area contributed by atoms with Gasteiger partial charge in [0.15, 0.2) is 0 Å². The summed E-state index contributed by atoms with van der Waals surface area (Å²) in [5, 5.41) is 6.21. The first-order chi connectivity index (χ1) is 8.46. The van der Waals surface area contributed by atoms with Gasteiger partial charge in [0.1, 0.15) is 0 Å². The zero-order chi connectivity index (χ0) is 13.2. The van der Waals surface area contributed by atoms with Crippen molar-refractivity contribution in [2.45, 2.75) is 40.0 Å². The third-order valence-corrected chi connectivity index (χ3v) is 4.10. The minimum absolute atomic E-state index is 0.103. The number of hydrogen-bond acceptors (Lipinski definition) is 3. The summed E-state index contributed by atoms with van der Waals surface area (Å²) in [5.74, 6) is 0.541. The first-order valence-corrected chi connectivity index (χ1v) is 7.23. The number of amides is 1. The van der Waals surface area contributed by atoms with Crippen molar-refractivity contribution in [3.05, 3.63) is 22.4 Å². The van der Waals surface area contributed by atoms with Gasteiger partial charge in [-0.1, -0.05) is 26.8 Å². The number of carbonyl (C=O) groups is 1. The fourth-order valence-electron chi connectivity index (χ4n) is 2.79. The maximum Gasteiger partial charge on any atom is 0.281 e. The van der Waals surface area contributed by atoms with Gasteiger partial charge >= 0.3 is 0 Å². The molecule has 1 heterocycles. The molecular weight excluding hydrogens is 244 g/mol.